The van der Waals surface area contributed by atoms with E-state index in [9.17, 15) is 13.5 Å². The van der Waals surface area contributed by atoms with E-state index in [2.05, 4.69) is 0 Å². The van der Waals surface area contributed by atoms with Gasteiger partial charge in [0.1, 0.15) is 0 Å². The Bertz CT molecular complexity index is 556. The lowest BCUT2D eigenvalue weighted by Gasteiger charge is -2.29. The molecule has 2 N–H and O–H groups in total. The fourth-order valence-electron chi connectivity index (χ4n) is 2.66. The number of aryl methyl sites for hydroxylation is 1. The van der Waals surface area contributed by atoms with Crippen LogP contribution in [0.5, 0.6) is 0 Å². The summed E-state index contributed by atoms with van der Waals surface area (Å²) in [6, 6.07) is 7.97. The summed E-state index contributed by atoms with van der Waals surface area (Å²) < 4.78 is 23.3. The van der Waals surface area contributed by atoms with Gasteiger partial charge in [-0.3, -0.25) is 4.90 Å². The Labute approximate surface area is 126 Å². The molecule has 5 nitrogen and oxygen atoms in total. The molecule has 21 heavy (non-hydrogen) atoms. The molecule has 1 aromatic carbocycles. The van der Waals surface area contributed by atoms with Crippen LogP contribution in [0.15, 0.2) is 24.3 Å². The number of aliphatic hydroxyl groups excluding tert-OH is 2. The van der Waals surface area contributed by atoms with Crippen LogP contribution < -0.4 is 0 Å². The first-order valence-corrected chi connectivity index (χ1v) is 9.01. The predicted octanol–water partition coefficient (Wildman–Crippen LogP) is 0.337. The van der Waals surface area contributed by atoms with Crippen molar-refractivity contribution in [3.63, 3.8) is 0 Å². The second-order valence-corrected chi connectivity index (χ2v) is 8.04. The van der Waals surface area contributed by atoms with Crippen molar-refractivity contribution in [2.45, 2.75) is 32.0 Å². The van der Waals surface area contributed by atoms with Crippen molar-refractivity contribution in [1.82, 2.24) is 4.90 Å². The van der Waals surface area contributed by atoms with Gasteiger partial charge >= 0.3 is 0 Å². The zero-order chi connectivity index (χ0) is 15.5. The van der Waals surface area contributed by atoms with Crippen molar-refractivity contribution in [2.24, 2.45) is 0 Å². The topological polar surface area (TPSA) is 77.8 Å². The van der Waals surface area contributed by atoms with Crippen LogP contribution in [0.4, 0.5) is 0 Å². The maximum absolute atomic E-state index is 11.7. The normalized spacial score (nSPS) is 22.6. The molecule has 0 radical (unpaired) electrons. The van der Waals surface area contributed by atoms with Crippen LogP contribution in [0.3, 0.4) is 0 Å². The van der Waals surface area contributed by atoms with Crippen molar-refractivity contribution in [2.75, 3.05) is 24.7 Å². The van der Waals surface area contributed by atoms with E-state index in [0.717, 1.165) is 5.56 Å². The van der Waals surface area contributed by atoms with Gasteiger partial charge in [-0.15, -0.1) is 0 Å². The third kappa shape index (κ3) is 4.78. The Morgan fingerprint density at radius 2 is 2.00 bits per heavy atom. The lowest BCUT2D eigenvalue weighted by molar-refractivity contribution is 0.0447. The summed E-state index contributed by atoms with van der Waals surface area (Å²) in [4.78, 5) is 1.97. The van der Waals surface area contributed by atoms with E-state index >= 15 is 0 Å². The number of hydrogen-bond donors (Lipinski definition) is 2. The smallest absolute Gasteiger partial charge is 0.151 e. The number of nitrogens with zero attached hydrogens (tertiary/aromatic N) is 1. The van der Waals surface area contributed by atoms with Crippen LogP contribution in [-0.4, -0.2) is 60.3 Å². The van der Waals surface area contributed by atoms with Crippen LogP contribution in [0, 0.1) is 6.92 Å². The Kier molecular flexibility index (Phi) is 5.37. The lowest BCUT2D eigenvalue weighted by Crippen LogP contribution is -2.41. The largest absolute Gasteiger partial charge is 0.394 e. The second kappa shape index (κ2) is 6.87. The number of hydrogen-bond acceptors (Lipinski definition) is 5. The molecule has 0 aromatic heterocycles. The van der Waals surface area contributed by atoms with Crippen molar-refractivity contribution in [1.29, 1.82) is 0 Å². The standard InChI is InChI=1S/C15H23NO4S/c1-12-2-4-13(5-3-12)8-16(9-15(18)10-17)14-6-7-21(19,20)11-14/h2-5,14-15,17-18H,6-11H2,1H3/t14-,15+/m0/s1. The molecule has 1 aliphatic heterocycles. The first kappa shape index (κ1) is 16.4. The quantitative estimate of drug-likeness (QED) is 0.792. The Hall–Kier alpha value is -0.950. The van der Waals surface area contributed by atoms with Gasteiger partial charge in [0.15, 0.2) is 9.84 Å². The molecule has 1 aliphatic rings. The zero-order valence-corrected chi connectivity index (χ0v) is 13.1. The molecule has 0 amide bonds. The van der Waals surface area contributed by atoms with Crippen LogP contribution in [0.25, 0.3) is 0 Å². The van der Waals surface area contributed by atoms with Gasteiger partial charge in [-0.2, -0.15) is 0 Å². The van der Waals surface area contributed by atoms with E-state index in [1.54, 1.807) is 0 Å². The Morgan fingerprint density at radius 3 is 2.52 bits per heavy atom. The summed E-state index contributed by atoms with van der Waals surface area (Å²) in [6.07, 6.45) is -0.259. The van der Waals surface area contributed by atoms with Crippen LogP contribution in [0.1, 0.15) is 17.5 Å². The van der Waals surface area contributed by atoms with E-state index in [1.165, 1.54) is 5.56 Å². The highest BCUT2D eigenvalue weighted by Crippen LogP contribution is 2.20. The minimum Gasteiger partial charge on any atom is -0.394 e. The average molecular weight is 313 g/mol. The average Bonchev–Trinajstić information content (AvgIpc) is 2.80. The van der Waals surface area contributed by atoms with Gasteiger partial charge in [-0.25, -0.2) is 8.42 Å². The molecule has 0 bridgehead atoms. The summed E-state index contributed by atoms with van der Waals surface area (Å²) in [7, 11) is -2.97. The highest BCUT2D eigenvalue weighted by atomic mass is 32.2. The lowest BCUT2D eigenvalue weighted by atomic mass is 10.1. The molecular formula is C15H23NO4S. The first-order chi connectivity index (χ1) is 9.89. The number of aliphatic hydroxyl groups is 2. The fourth-order valence-corrected chi connectivity index (χ4v) is 4.42. The molecule has 2 rings (SSSR count). The van der Waals surface area contributed by atoms with Crippen LogP contribution in [-0.2, 0) is 16.4 Å². The Balaban J connectivity index is 2.10. The zero-order valence-electron chi connectivity index (χ0n) is 12.3. The van der Waals surface area contributed by atoms with Crippen molar-refractivity contribution >= 4 is 9.84 Å². The van der Waals surface area contributed by atoms with Gasteiger partial charge in [0.2, 0.25) is 0 Å². The van der Waals surface area contributed by atoms with Gasteiger partial charge in [0.25, 0.3) is 0 Å². The SMILES string of the molecule is Cc1ccc(CN(C[C@@H](O)CO)[C@H]2CCS(=O)(=O)C2)cc1. The molecule has 1 fully saturated rings. The third-order valence-corrected chi connectivity index (χ3v) is 5.64. The number of rotatable bonds is 6. The van der Waals surface area contributed by atoms with Gasteiger partial charge in [0, 0.05) is 19.1 Å². The summed E-state index contributed by atoms with van der Waals surface area (Å²) in [5.41, 5.74) is 2.25. The van der Waals surface area contributed by atoms with Gasteiger partial charge in [-0.1, -0.05) is 29.8 Å². The highest BCUT2D eigenvalue weighted by molar-refractivity contribution is 7.91. The maximum Gasteiger partial charge on any atom is 0.151 e. The summed E-state index contributed by atoms with van der Waals surface area (Å²) in [5, 5.41) is 18.7. The van der Waals surface area contributed by atoms with Gasteiger partial charge < -0.3 is 10.2 Å². The molecule has 1 saturated heterocycles. The second-order valence-electron chi connectivity index (χ2n) is 5.81. The minimum atomic E-state index is -2.97. The molecular weight excluding hydrogens is 290 g/mol. The van der Waals surface area contributed by atoms with Crippen molar-refractivity contribution < 1.29 is 18.6 Å². The highest BCUT2D eigenvalue weighted by Gasteiger charge is 2.32. The van der Waals surface area contributed by atoms with Gasteiger partial charge in [-0.05, 0) is 18.9 Å². The van der Waals surface area contributed by atoms with E-state index in [0.29, 0.717) is 13.0 Å². The van der Waals surface area contributed by atoms with Gasteiger partial charge in [0.05, 0.1) is 24.2 Å². The van der Waals surface area contributed by atoms with E-state index in [4.69, 9.17) is 5.11 Å². The monoisotopic (exact) mass is 313 g/mol. The predicted molar refractivity (Wildman–Crippen MR) is 81.7 cm³/mol. The van der Waals surface area contributed by atoms with E-state index in [1.807, 2.05) is 36.1 Å². The summed E-state index contributed by atoms with van der Waals surface area (Å²) in [5.74, 6) is 0.342. The number of benzene rings is 1. The molecule has 1 aromatic rings. The van der Waals surface area contributed by atoms with Crippen molar-refractivity contribution in [3.05, 3.63) is 35.4 Å². The molecule has 2 atom stereocenters. The Morgan fingerprint density at radius 1 is 1.33 bits per heavy atom. The summed E-state index contributed by atoms with van der Waals surface area (Å²) in [6.45, 7) is 2.56. The molecule has 0 saturated carbocycles. The van der Waals surface area contributed by atoms with Crippen molar-refractivity contribution in [3.8, 4) is 0 Å². The summed E-state index contributed by atoms with van der Waals surface area (Å²) >= 11 is 0. The minimum absolute atomic E-state index is 0.0856. The molecule has 0 aliphatic carbocycles. The maximum atomic E-state index is 11.7. The first-order valence-electron chi connectivity index (χ1n) is 7.18. The van der Waals surface area contributed by atoms with E-state index < -0.39 is 15.9 Å². The van der Waals surface area contributed by atoms with Crippen LogP contribution in [0.2, 0.25) is 0 Å². The molecule has 0 unspecified atom stereocenters. The molecule has 0 spiro atoms. The molecule has 6 heteroatoms. The fraction of sp³-hybridized carbons (Fsp3) is 0.600. The van der Waals surface area contributed by atoms with E-state index in [-0.39, 0.29) is 30.7 Å². The molecule has 1 heterocycles. The van der Waals surface area contributed by atoms with Crippen LogP contribution >= 0.6 is 0 Å². The number of sulfone groups is 1. The molecule has 118 valence electrons. The third-order valence-electron chi connectivity index (χ3n) is 3.89.